The Labute approximate surface area is 142 Å². The first-order valence-corrected chi connectivity index (χ1v) is 9.04. The Balaban J connectivity index is 2.29. The van der Waals surface area contributed by atoms with E-state index in [2.05, 4.69) is 0 Å². The number of benzene rings is 2. The minimum Gasteiger partial charge on any atom is -0.207 e. The summed E-state index contributed by atoms with van der Waals surface area (Å²) in [6.45, 7) is 2.62. The third-order valence-corrected chi connectivity index (χ3v) is 5.48. The quantitative estimate of drug-likeness (QED) is 0.797. The highest BCUT2D eigenvalue weighted by Gasteiger charge is 2.23. The summed E-state index contributed by atoms with van der Waals surface area (Å²) in [6, 6.07) is 15.1. The normalized spacial score (nSPS) is 11.4. The van der Waals surface area contributed by atoms with Gasteiger partial charge in [-0.3, -0.25) is 0 Å². The highest BCUT2D eigenvalue weighted by atomic mass is 35.5. The fraction of sp³-hybridized carbons (Fsp3) is 0.235. The molecule has 0 amide bonds. The van der Waals surface area contributed by atoms with Crippen LogP contribution in [-0.4, -0.2) is 19.3 Å². The van der Waals surface area contributed by atoms with E-state index in [0.29, 0.717) is 23.6 Å². The van der Waals surface area contributed by atoms with Crippen LogP contribution in [0.3, 0.4) is 0 Å². The molecule has 0 heterocycles. The largest absolute Gasteiger partial charge is 0.243 e. The van der Waals surface area contributed by atoms with Gasteiger partial charge in [-0.15, -0.1) is 0 Å². The molecule has 0 spiro atoms. The van der Waals surface area contributed by atoms with E-state index in [-0.39, 0.29) is 11.4 Å². The lowest BCUT2D eigenvalue weighted by Crippen LogP contribution is -2.31. The van der Waals surface area contributed by atoms with Gasteiger partial charge in [0.1, 0.15) is 0 Å². The predicted octanol–water partition coefficient (Wildman–Crippen LogP) is 3.81. The Kier molecular flexibility index (Phi) is 5.78. The van der Waals surface area contributed by atoms with Gasteiger partial charge in [0.25, 0.3) is 0 Å². The second kappa shape index (κ2) is 7.60. The van der Waals surface area contributed by atoms with Gasteiger partial charge in [0, 0.05) is 18.1 Å². The topological polar surface area (TPSA) is 61.2 Å². The van der Waals surface area contributed by atoms with Crippen LogP contribution in [0.2, 0.25) is 5.02 Å². The molecule has 0 saturated carbocycles. The number of hydrogen-bond donors (Lipinski definition) is 0. The molecule has 0 aliphatic rings. The molecule has 0 atom stereocenters. The standard InChI is InChI=1S/C17H17ClN2O2S/c1-2-11-20(13-15-5-3-14(12-19)4-6-15)23(21,22)17-9-7-16(18)8-10-17/h3-10H,2,11,13H2,1H3. The van der Waals surface area contributed by atoms with Crippen LogP contribution in [0.4, 0.5) is 0 Å². The number of nitrogens with zero attached hydrogens (tertiary/aromatic N) is 2. The number of rotatable bonds is 6. The van der Waals surface area contributed by atoms with Crippen LogP contribution in [0.15, 0.2) is 53.4 Å². The van der Waals surface area contributed by atoms with Gasteiger partial charge < -0.3 is 0 Å². The first-order chi connectivity index (χ1) is 11.0. The number of sulfonamides is 1. The lowest BCUT2D eigenvalue weighted by molar-refractivity contribution is 0.405. The van der Waals surface area contributed by atoms with Crippen molar-refractivity contribution in [1.29, 1.82) is 5.26 Å². The molecule has 23 heavy (non-hydrogen) atoms. The van der Waals surface area contributed by atoms with Crippen molar-refractivity contribution in [2.75, 3.05) is 6.54 Å². The van der Waals surface area contributed by atoms with E-state index in [1.165, 1.54) is 16.4 Å². The van der Waals surface area contributed by atoms with E-state index in [0.717, 1.165) is 5.56 Å². The fourth-order valence-corrected chi connectivity index (χ4v) is 3.82. The third-order valence-electron chi connectivity index (χ3n) is 3.37. The maximum absolute atomic E-state index is 12.8. The van der Waals surface area contributed by atoms with Crippen molar-refractivity contribution in [3.63, 3.8) is 0 Å². The second-order valence-corrected chi connectivity index (χ2v) is 7.48. The summed E-state index contributed by atoms with van der Waals surface area (Å²) in [5, 5.41) is 9.33. The molecule has 2 rings (SSSR count). The number of nitriles is 1. The molecule has 0 unspecified atom stereocenters. The second-order valence-electron chi connectivity index (χ2n) is 5.10. The van der Waals surface area contributed by atoms with Gasteiger partial charge in [-0.25, -0.2) is 8.42 Å². The molecule has 2 aromatic rings. The smallest absolute Gasteiger partial charge is 0.207 e. The first-order valence-electron chi connectivity index (χ1n) is 7.22. The van der Waals surface area contributed by atoms with E-state index in [4.69, 9.17) is 16.9 Å². The summed E-state index contributed by atoms with van der Waals surface area (Å²) >= 11 is 5.83. The maximum atomic E-state index is 12.8. The van der Waals surface area contributed by atoms with E-state index in [1.807, 2.05) is 13.0 Å². The molecule has 4 nitrogen and oxygen atoms in total. The van der Waals surface area contributed by atoms with Gasteiger partial charge in [0.15, 0.2) is 0 Å². The molecule has 0 fully saturated rings. The van der Waals surface area contributed by atoms with Crippen LogP contribution in [0.5, 0.6) is 0 Å². The maximum Gasteiger partial charge on any atom is 0.243 e. The van der Waals surface area contributed by atoms with Crippen LogP contribution in [0, 0.1) is 11.3 Å². The minimum atomic E-state index is -3.58. The fourth-order valence-electron chi connectivity index (χ4n) is 2.18. The lowest BCUT2D eigenvalue weighted by Gasteiger charge is -2.22. The first kappa shape index (κ1) is 17.5. The Hall–Kier alpha value is -1.87. The summed E-state index contributed by atoms with van der Waals surface area (Å²) in [5.74, 6) is 0. The molecular formula is C17H17ClN2O2S. The Morgan fingerprint density at radius 1 is 1.09 bits per heavy atom. The molecule has 2 aromatic carbocycles. The van der Waals surface area contributed by atoms with E-state index in [9.17, 15) is 8.42 Å². The van der Waals surface area contributed by atoms with Gasteiger partial charge in [-0.05, 0) is 48.4 Å². The molecule has 0 bridgehead atoms. The monoisotopic (exact) mass is 348 g/mol. The Morgan fingerprint density at radius 3 is 2.22 bits per heavy atom. The zero-order valence-electron chi connectivity index (χ0n) is 12.7. The molecule has 0 aliphatic heterocycles. The van der Waals surface area contributed by atoms with Crippen LogP contribution < -0.4 is 0 Å². The summed E-state index contributed by atoms with van der Waals surface area (Å²) in [5.41, 5.74) is 1.39. The molecule has 6 heteroatoms. The van der Waals surface area contributed by atoms with Crippen molar-refractivity contribution in [2.45, 2.75) is 24.8 Å². The Morgan fingerprint density at radius 2 is 1.70 bits per heavy atom. The van der Waals surface area contributed by atoms with Crippen molar-refractivity contribution in [2.24, 2.45) is 0 Å². The Bertz CT molecular complexity index is 794. The van der Waals surface area contributed by atoms with Crippen molar-refractivity contribution in [3.8, 4) is 6.07 Å². The van der Waals surface area contributed by atoms with Crippen molar-refractivity contribution >= 4 is 21.6 Å². The van der Waals surface area contributed by atoms with Crippen molar-refractivity contribution in [1.82, 2.24) is 4.31 Å². The SMILES string of the molecule is CCCN(Cc1ccc(C#N)cc1)S(=O)(=O)c1ccc(Cl)cc1. The van der Waals surface area contributed by atoms with Crippen LogP contribution in [0.25, 0.3) is 0 Å². The number of halogens is 1. The highest BCUT2D eigenvalue weighted by Crippen LogP contribution is 2.21. The van der Waals surface area contributed by atoms with Gasteiger partial charge in [0.05, 0.1) is 16.5 Å². The molecule has 0 saturated heterocycles. The van der Waals surface area contributed by atoms with Crippen LogP contribution in [0.1, 0.15) is 24.5 Å². The number of hydrogen-bond acceptors (Lipinski definition) is 3. The van der Waals surface area contributed by atoms with E-state index in [1.54, 1.807) is 36.4 Å². The van der Waals surface area contributed by atoms with E-state index >= 15 is 0 Å². The molecule has 0 N–H and O–H groups in total. The summed E-state index contributed by atoms with van der Waals surface area (Å²) < 4.78 is 27.0. The average molecular weight is 349 g/mol. The molecule has 120 valence electrons. The summed E-state index contributed by atoms with van der Waals surface area (Å²) in [7, 11) is -3.58. The van der Waals surface area contributed by atoms with Gasteiger partial charge in [-0.2, -0.15) is 9.57 Å². The van der Waals surface area contributed by atoms with E-state index < -0.39 is 10.0 Å². The van der Waals surface area contributed by atoms with Crippen molar-refractivity contribution in [3.05, 3.63) is 64.7 Å². The van der Waals surface area contributed by atoms with Gasteiger partial charge in [0.2, 0.25) is 10.0 Å². The molecule has 0 aromatic heterocycles. The summed E-state index contributed by atoms with van der Waals surface area (Å²) in [6.07, 6.45) is 0.711. The minimum absolute atomic E-state index is 0.226. The molecular weight excluding hydrogens is 332 g/mol. The zero-order chi connectivity index (χ0) is 16.9. The lowest BCUT2D eigenvalue weighted by atomic mass is 10.1. The molecule has 0 radical (unpaired) electrons. The summed E-state index contributed by atoms with van der Waals surface area (Å²) in [4.78, 5) is 0.226. The predicted molar refractivity (Wildman–Crippen MR) is 90.5 cm³/mol. The third kappa shape index (κ3) is 4.32. The van der Waals surface area contributed by atoms with Crippen LogP contribution >= 0.6 is 11.6 Å². The van der Waals surface area contributed by atoms with Crippen LogP contribution in [-0.2, 0) is 16.6 Å². The highest BCUT2D eigenvalue weighted by molar-refractivity contribution is 7.89. The van der Waals surface area contributed by atoms with Gasteiger partial charge >= 0.3 is 0 Å². The van der Waals surface area contributed by atoms with Crippen molar-refractivity contribution < 1.29 is 8.42 Å². The molecule has 0 aliphatic carbocycles. The average Bonchev–Trinajstić information content (AvgIpc) is 2.55. The van der Waals surface area contributed by atoms with Gasteiger partial charge in [-0.1, -0.05) is 30.7 Å². The zero-order valence-corrected chi connectivity index (χ0v) is 14.3.